The molecule has 0 N–H and O–H groups in total. The van der Waals surface area contributed by atoms with Crippen molar-refractivity contribution in [2.75, 3.05) is 0 Å². The monoisotopic (exact) mass is 759 g/mol. The maximum Gasteiger partial charge on any atom is 0.390 e. The van der Waals surface area contributed by atoms with Crippen LogP contribution in [0, 0.1) is 53.3 Å². The Kier molecular flexibility index (Phi) is 21.6. The fraction of sp³-hybridized carbons (Fsp3) is 0.925. The maximum atomic E-state index is 12.7. The number of rotatable bonds is 27. The first kappa shape index (κ1) is 49.0. The van der Waals surface area contributed by atoms with Crippen LogP contribution < -0.4 is 0 Å². The third-order valence-electron chi connectivity index (χ3n) is 8.50. The predicted molar refractivity (Wildman–Crippen MR) is 224 cm³/mol. The normalized spacial score (nSPS) is 14.0. The summed E-state index contributed by atoms with van der Waals surface area (Å²) in [6.07, 6.45) is 0. The van der Waals surface area contributed by atoms with Gasteiger partial charge in [0.15, 0.2) is 14.1 Å². The van der Waals surface area contributed by atoms with Gasteiger partial charge in [0.05, 0.1) is 0 Å². The van der Waals surface area contributed by atoms with Crippen molar-refractivity contribution in [1.29, 1.82) is 0 Å². The van der Waals surface area contributed by atoms with Crippen molar-refractivity contribution in [2.45, 2.75) is 186 Å². The molecule has 0 rings (SSSR count). The van der Waals surface area contributed by atoms with Gasteiger partial charge in [0.25, 0.3) is 0 Å². The molecule has 0 unspecified atom stereocenters. The summed E-state index contributed by atoms with van der Waals surface area (Å²) in [5.41, 5.74) is 0. The number of Topliss-reactive ketones (excluding diaryl/α,β-unsaturated/α-hetero) is 1. The van der Waals surface area contributed by atoms with Gasteiger partial charge in [-0.1, -0.05) is 131 Å². The molecule has 0 heterocycles. The molecule has 5 nitrogen and oxygen atoms in total. The van der Waals surface area contributed by atoms with Crippen LogP contribution in [0.15, 0.2) is 12.3 Å². The second kappa shape index (κ2) is 21.6. The fourth-order valence-corrected chi connectivity index (χ4v) is 36.4. The molecule has 0 aliphatic heterocycles. The number of carbonyl (C=O) groups excluding carboxylic acids is 1. The molecule has 0 aromatic heterocycles. The van der Waals surface area contributed by atoms with E-state index in [1.54, 1.807) is 6.92 Å². The summed E-state index contributed by atoms with van der Waals surface area (Å²) in [7, 11) is -11.2. The molecule has 0 aliphatic carbocycles. The first-order valence-electron chi connectivity index (χ1n) is 20.2. The van der Waals surface area contributed by atoms with Crippen LogP contribution in [0.3, 0.4) is 0 Å². The quantitative estimate of drug-likeness (QED) is 0.0474. The third kappa shape index (κ3) is 19.6. The second-order valence-corrected chi connectivity index (χ2v) is 33.8. The lowest BCUT2D eigenvalue weighted by molar-refractivity contribution is -0.115. The summed E-state index contributed by atoms with van der Waals surface area (Å²) in [6.45, 7) is 47.8. The van der Waals surface area contributed by atoms with E-state index in [0.717, 1.165) is 36.3 Å². The van der Waals surface area contributed by atoms with Crippen LogP contribution >= 0.6 is 0 Å². The van der Waals surface area contributed by atoms with Crippen LogP contribution in [0.5, 0.6) is 0 Å². The molecule has 49 heavy (non-hydrogen) atoms. The molecular formula is C40H86O5Si4. The number of hydrogen-bond donors (Lipinski definition) is 0. The van der Waals surface area contributed by atoms with Gasteiger partial charge in [0.1, 0.15) is 5.76 Å². The Bertz CT molecular complexity index is 902. The zero-order chi connectivity index (χ0) is 38.5. The average Bonchev–Trinajstić information content (AvgIpc) is 2.78. The predicted octanol–water partition coefficient (Wildman–Crippen LogP) is 13.3. The van der Waals surface area contributed by atoms with E-state index in [1.807, 2.05) is 0 Å². The maximum absolute atomic E-state index is 12.7. The van der Waals surface area contributed by atoms with Crippen molar-refractivity contribution in [3.05, 3.63) is 12.3 Å². The molecule has 9 heteroatoms. The molecule has 0 bridgehead atoms. The van der Waals surface area contributed by atoms with Gasteiger partial charge in [-0.2, -0.15) is 0 Å². The molecule has 292 valence electrons. The zero-order valence-electron chi connectivity index (χ0n) is 36.3. The van der Waals surface area contributed by atoms with E-state index in [0.29, 0.717) is 53.3 Å². The highest BCUT2D eigenvalue weighted by Crippen LogP contribution is 2.45. The molecule has 0 saturated heterocycles. The Morgan fingerprint density at radius 1 is 0.408 bits per heavy atom. The molecule has 0 amide bonds. The molecular weight excluding hydrogens is 673 g/mol. The SMILES string of the molecule is C=C(O[Si](CC(C)C)(CC(C)C)O[Si](CC(C)C)(CC(C)C)O[Si](CC(C)C)(CC(C)C)O[Si](CC(C)C)(CC(C)C)CC(C)C)C(C)=O. The van der Waals surface area contributed by atoms with Gasteiger partial charge < -0.3 is 16.8 Å². The lowest BCUT2D eigenvalue weighted by atomic mass is 10.2. The molecule has 0 aliphatic rings. The van der Waals surface area contributed by atoms with E-state index >= 15 is 0 Å². The molecule has 0 spiro atoms. The largest absolute Gasteiger partial charge is 0.518 e. The van der Waals surface area contributed by atoms with E-state index in [2.05, 4.69) is 131 Å². The van der Waals surface area contributed by atoms with Gasteiger partial charge in [-0.25, -0.2) is 0 Å². The Balaban J connectivity index is 8.10. The zero-order valence-corrected chi connectivity index (χ0v) is 40.3. The minimum Gasteiger partial charge on any atom is -0.518 e. The van der Waals surface area contributed by atoms with E-state index in [-0.39, 0.29) is 11.5 Å². The van der Waals surface area contributed by atoms with E-state index in [9.17, 15) is 4.79 Å². The van der Waals surface area contributed by atoms with E-state index < -0.39 is 34.0 Å². The summed E-state index contributed by atoms with van der Waals surface area (Å²) in [4.78, 5) is 12.7. The topological polar surface area (TPSA) is 54.0 Å². The smallest absolute Gasteiger partial charge is 0.390 e. The van der Waals surface area contributed by atoms with Crippen LogP contribution in [0.25, 0.3) is 0 Å². The van der Waals surface area contributed by atoms with Gasteiger partial charge >= 0.3 is 25.7 Å². The number of hydrogen-bond acceptors (Lipinski definition) is 5. The highest BCUT2D eigenvalue weighted by atomic mass is 28.5. The molecule has 0 saturated carbocycles. The fourth-order valence-electron chi connectivity index (χ4n) is 8.52. The molecule has 0 atom stereocenters. The van der Waals surface area contributed by atoms with Crippen LogP contribution in [0.2, 0.25) is 54.4 Å². The molecule has 0 aromatic carbocycles. The summed E-state index contributed by atoms with van der Waals surface area (Å²) in [5.74, 6) is 4.21. The first-order valence-corrected chi connectivity index (χ1v) is 29.4. The van der Waals surface area contributed by atoms with Crippen molar-refractivity contribution in [3.63, 3.8) is 0 Å². The summed E-state index contributed by atoms with van der Waals surface area (Å²) in [6, 6.07) is 8.87. The van der Waals surface area contributed by atoms with Crippen molar-refractivity contribution >= 4 is 39.8 Å². The molecule has 0 radical (unpaired) electrons. The highest BCUT2D eigenvalue weighted by molar-refractivity contribution is 6.91. The Hall–Kier alpha value is -0.0425. The Morgan fingerprint density at radius 3 is 0.878 bits per heavy atom. The van der Waals surface area contributed by atoms with Gasteiger partial charge in [0, 0.05) is 19.0 Å². The van der Waals surface area contributed by atoms with Crippen LogP contribution in [0.4, 0.5) is 0 Å². The van der Waals surface area contributed by atoms with E-state index in [4.69, 9.17) is 16.8 Å². The van der Waals surface area contributed by atoms with Crippen LogP contribution in [-0.2, 0) is 21.6 Å². The number of allylic oxidation sites excluding steroid dienone is 1. The van der Waals surface area contributed by atoms with Crippen molar-refractivity contribution in [3.8, 4) is 0 Å². The minimum atomic E-state index is -3.04. The summed E-state index contributed by atoms with van der Waals surface area (Å²) < 4.78 is 31.3. The van der Waals surface area contributed by atoms with Crippen molar-refractivity contribution < 1.29 is 21.6 Å². The highest BCUT2D eigenvalue weighted by Gasteiger charge is 2.58. The third-order valence-corrected chi connectivity index (χ3v) is 31.6. The number of carbonyl (C=O) groups is 1. The van der Waals surface area contributed by atoms with Gasteiger partial charge in [-0.05, 0) is 95.6 Å². The number of ketones is 1. The van der Waals surface area contributed by atoms with Crippen molar-refractivity contribution in [1.82, 2.24) is 0 Å². The molecule has 0 fully saturated rings. The Morgan fingerprint density at radius 2 is 0.633 bits per heavy atom. The van der Waals surface area contributed by atoms with Gasteiger partial charge in [-0.15, -0.1) is 0 Å². The Labute approximate surface area is 311 Å². The minimum absolute atomic E-state index is 0.118. The summed E-state index contributed by atoms with van der Waals surface area (Å²) >= 11 is 0. The lowest BCUT2D eigenvalue weighted by Gasteiger charge is -2.51. The average molecular weight is 759 g/mol. The lowest BCUT2D eigenvalue weighted by Crippen LogP contribution is -2.65. The second-order valence-electron chi connectivity index (χ2n) is 19.7. The first-order chi connectivity index (χ1) is 22.2. The van der Waals surface area contributed by atoms with E-state index in [1.165, 1.54) is 18.1 Å². The van der Waals surface area contributed by atoms with Crippen molar-refractivity contribution in [2.24, 2.45) is 53.3 Å². The van der Waals surface area contributed by atoms with Crippen LogP contribution in [0.1, 0.15) is 132 Å². The standard InChI is InChI=1S/C40H86O5Si4/c1-30(2)21-46(22-31(3)4,23-32(5)6)43-48(26-35(11)12,27-36(13)14)45-49(28-37(15)16,29-38(17)18)44-47(24-33(7)8,25-34(9)10)42-40(20)39(19)41/h30-38H,20-29H2,1-19H3. The van der Waals surface area contributed by atoms with Crippen LogP contribution in [-0.4, -0.2) is 39.8 Å². The van der Waals surface area contributed by atoms with Gasteiger partial charge in [-0.3, -0.25) is 4.79 Å². The van der Waals surface area contributed by atoms with Gasteiger partial charge in [0.2, 0.25) is 0 Å². The molecule has 0 aromatic rings. The summed E-state index contributed by atoms with van der Waals surface area (Å²) in [5, 5.41) is 0.